The number of aromatic hydroxyl groups is 2. The van der Waals surface area contributed by atoms with E-state index in [-0.39, 0.29) is 55.9 Å². The molecule has 0 aromatic heterocycles. The summed E-state index contributed by atoms with van der Waals surface area (Å²) in [5.74, 6) is -1.53. The van der Waals surface area contributed by atoms with Gasteiger partial charge < -0.3 is 20.8 Å². The Morgan fingerprint density at radius 1 is 0.533 bits per heavy atom. The largest absolute Gasteiger partial charge is 0.505 e. The molecule has 0 radical (unpaired) electrons. The van der Waals surface area contributed by atoms with Gasteiger partial charge in [0.15, 0.2) is 23.1 Å². The summed E-state index contributed by atoms with van der Waals surface area (Å²) in [7, 11) is -9.91. The van der Waals surface area contributed by atoms with Crippen molar-refractivity contribution in [3.8, 4) is 11.5 Å². The maximum absolute atomic E-state index is 13.1. The first-order chi connectivity index (χ1) is 28.3. The predicted molar refractivity (Wildman–Crippen MR) is 224 cm³/mol. The second-order valence-electron chi connectivity index (χ2n) is 13.0. The number of benzene rings is 6. The summed E-state index contributed by atoms with van der Waals surface area (Å²) >= 11 is 0. The molecule has 304 valence electrons. The monoisotopic (exact) mass is 848 g/mol. The molecule has 19 heteroatoms. The lowest BCUT2D eigenvalue weighted by Gasteiger charge is -2.13. The summed E-state index contributed by atoms with van der Waals surface area (Å²) < 4.78 is 69.6. The Morgan fingerprint density at radius 3 is 1.23 bits per heavy atom. The Labute approximate surface area is 341 Å². The molecule has 2 amide bonds. The fourth-order valence-electron chi connectivity index (χ4n) is 5.69. The topological polar surface area (TPSA) is 274 Å². The van der Waals surface area contributed by atoms with Gasteiger partial charge in [-0.25, -0.2) is 4.79 Å². The predicted octanol–water partition coefficient (Wildman–Crippen LogP) is 9.58. The maximum Gasteiger partial charge on any atom is 0.323 e. The van der Waals surface area contributed by atoms with Crippen LogP contribution < -0.4 is 10.6 Å². The number of nitrogens with zero attached hydrogens (tertiary/aromatic N) is 4. The number of urea groups is 1. The van der Waals surface area contributed by atoms with Crippen LogP contribution in [-0.2, 0) is 29.8 Å². The molecule has 0 aliphatic carbocycles. The normalized spacial score (nSPS) is 12.3. The van der Waals surface area contributed by atoms with E-state index in [9.17, 15) is 50.5 Å². The van der Waals surface area contributed by atoms with Crippen molar-refractivity contribution in [2.45, 2.75) is 23.6 Å². The summed E-state index contributed by atoms with van der Waals surface area (Å²) in [4.78, 5) is 33.9. The summed E-state index contributed by atoms with van der Waals surface area (Å²) in [6, 6.07) is 22.2. The second-order valence-corrected chi connectivity index (χ2v) is 15.8. The van der Waals surface area contributed by atoms with Crippen LogP contribution >= 0.6 is 0 Å². The van der Waals surface area contributed by atoms with Crippen molar-refractivity contribution in [2.24, 2.45) is 20.5 Å². The summed E-state index contributed by atoms with van der Waals surface area (Å²) in [6.07, 6.45) is 5.95. The van der Waals surface area contributed by atoms with Crippen LogP contribution in [0.25, 0.3) is 33.7 Å². The molecule has 0 spiro atoms. The minimum absolute atomic E-state index is 0.0872. The maximum atomic E-state index is 13.1. The average Bonchev–Trinajstić information content (AvgIpc) is 3.18. The van der Waals surface area contributed by atoms with E-state index in [0.717, 1.165) is 12.1 Å². The number of carbonyl (C=O) groups is 3. The number of phenolic OH excluding ortho intramolecular Hbond substituents is 2. The van der Waals surface area contributed by atoms with Crippen molar-refractivity contribution in [1.29, 1.82) is 0 Å². The van der Waals surface area contributed by atoms with Crippen molar-refractivity contribution in [1.82, 2.24) is 0 Å². The third kappa shape index (κ3) is 10.2. The van der Waals surface area contributed by atoms with E-state index in [1.54, 1.807) is 60.7 Å². The van der Waals surface area contributed by atoms with Crippen molar-refractivity contribution < 1.29 is 50.5 Å². The van der Waals surface area contributed by atoms with E-state index in [4.69, 9.17) is 0 Å². The second kappa shape index (κ2) is 17.2. The molecule has 0 heterocycles. The van der Waals surface area contributed by atoms with Crippen LogP contribution in [0.2, 0.25) is 0 Å². The van der Waals surface area contributed by atoms with E-state index >= 15 is 0 Å². The smallest absolute Gasteiger partial charge is 0.323 e. The van der Waals surface area contributed by atoms with Crippen molar-refractivity contribution >= 4 is 106 Å². The first kappa shape index (κ1) is 42.2. The highest BCUT2D eigenvalue weighted by Crippen LogP contribution is 2.43. The molecule has 0 unspecified atom stereocenters. The van der Waals surface area contributed by atoms with Gasteiger partial charge in [0.05, 0.1) is 11.4 Å². The number of ketones is 2. The Morgan fingerprint density at radius 2 is 0.900 bits per heavy atom. The zero-order valence-corrected chi connectivity index (χ0v) is 32.9. The highest BCUT2D eigenvalue weighted by Gasteiger charge is 2.24. The minimum Gasteiger partial charge on any atom is -0.505 e. The minimum atomic E-state index is -4.96. The molecule has 0 aliphatic rings. The number of anilines is 2. The molecule has 6 aromatic rings. The SMILES string of the molecule is CC(=O)/C=C/c1ccc(N=Nc2c(S(=O)(=O)O)cc3cc(NC(=O)Nc4ccc5c(O)c(N=Nc6ccc(/C=C/C(C)=O)cc6)c(S(=O)(=O)O)cc5c4)ccc3c2O)cc1. The van der Waals surface area contributed by atoms with Crippen LogP contribution in [0.5, 0.6) is 11.5 Å². The van der Waals surface area contributed by atoms with Gasteiger partial charge in [0.2, 0.25) is 0 Å². The average molecular weight is 849 g/mol. The number of hydrogen-bond acceptors (Lipinski definition) is 13. The molecule has 6 N–H and O–H groups in total. The molecule has 0 aliphatic heterocycles. The first-order valence-corrected chi connectivity index (χ1v) is 20.3. The summed E-state index contributed by atoms with van der Waals surface area (Å²) in [5, 5.41) is 43.4. The fraction of sp³-hybridized carbons (Fsp3) is 0.0488. The highest BCUT2D eigenvalue weighted by atomic mass is 32.2. The number of phenols is 2. The quantitative estimate of drug-likeness (QED) is 0.0383. The lowest BCUT2D eigenvalue weighted by molar-refractivity contribution is -0.113. The molecule has 17 nitrogen and oxygen atoms in total. The number of nitrogens with one attached hydrogen (secondary N) is 2. The van der Waals surface area contributed by atoms with Crippen molar-refractivity contribution in [2.75, 3.05) is 10.6 Å². The summed E-state index contributed by atoms with van der Waals surface area (Å²) in [6.45, 7) is 2.81. The number of rotatable bonds is 12. The molecule has 60 heavy (non-hydrogen) atoms. The molecule has 0 bridgehead atoms. The Bertz CT molecular complexity index is 2870. The van der Waals surface area contributed by atoms with E-state index < -0.39 is 58.9 Å². The molecule has 6 rings (SSSR count). The van der Waals surface area contributed by atoms with E-state index in [0.29, 0.717) is 11.1 Å². The first-order valence-electron chi connectivity index (χ1n) is 17.4. The number of azo groups is 2. The molecule has 0 saturated heterocycles. The lowest BCUT2D eigenvalue weighted by atomic mass is 10.1. The van der Waals surface area contributed by atoms with Crippen LogP contribution in [0.3, 0.4) is 0 Å². The third-order valence-corrected chi connectivity index (χ3v) is 10.2. The van der Waals surface area contributed by atoms with Gasteiger partial charge in [-0.1, -0.05) is 36.4 Å². The van der Waals surface area contributed by atoms with Gasteiger partial charge in [-0.05, 0) is 121 Å². The van der Waals surface area contributed by atoms with Gasteiger partial charge in [0.25, 0.3) is 20.2 Å². The van der Waals surface area contributed by atoms with Gasteiger partial charge in [-0.3, -0.25) is 18.7 Å². The standard InChI is InChI=1S/C41H32N6O11S2/c1-23(48)3-5-25-7-11-29(12-8-25)44-46-37-35(59(53,54)55)21-27-19-31(15-17-33(27)39(37)50)42-41(52)43-32-16-18-34-28(20-32)22-36(60(56,57)58)38(40(34)51)47-45-30-13-9-26(10-14-30)6-4-24(2)49/h3-22,50-51H,1-2H3,(H2,42,43,52)(H,53,54,55)(H,56,57,58)/b5-3+,6-4+,46-44?,47-45?. The Balaban J connectivity index is 1.23. The number of carbonyl (C=O) groups excluding carboxylic acids is 3. The van der Waals surface area contributed by atoms with Crippen LogP contribution in [0, 0.1) is 0 Å². The molecular weight excluding hydrogens is 817 g/mol. The Kier molecular flexibility index (Phi) is 12.1. The van der Waals surface area contributed by atoms with Gasteiger partial charge in [0, 0.05) is 22.1 Å². The highest BCUT2D eigenvalue weighted by molar-refractivity contribution is 7.86. The van der Waals surface area contributed by atoms with E-state index in [2.05, 4.69) is 31.1 Å². The van der Waals surface area contributed by atoms with Crippen LogP contribution in [0.1, 0.15) is 25.0 Å². The van der Waals surface area contributed by atoms with Crippen molar-refractivity contribution in [3.63, 3.8) is 0 Å². The van der Waals surface area contributed by atoms with Crippen LogP contribution in [-0.4, -0.2) is 53.8 Å². The third-order valence-electron chi connectivity index (χ3n) is 8.51. The van der Waals surface area contributed by atoms with Gasteiger partial charge in [-0.2, -0.15) is 27.1 Å². The van der Waals surface area contributed by atoms with Crippen LogP contribution in [0.4, 0.5) is 38.9 Å². The number of hydrogen-bond donors (Lipinski definition) is 6. The molecular formula is C41H32N6O11S2. The van der Waals surface area contributed by atoms with Crippen LogP contribution in [0.15, 0.2) is 139 Å². The Hall–Kier alpha value is -7.45. The van der Waals surface area contributed by atoms with Gasteiger partial charge in [0.1, 0.15) is 21.2 Å². The van der Waals surface area contributed by atoms with Crippen molar-refractivity contribution in [3.05, 3.63) is 120 Å². The number of allylic oxidation sites excluding steroid dienone is 2. The van der Waals surface area contributed by atoms with E-state index in [1.807, 2.05) is 0 Å². The zero-order chi connectivity index (χ0) is 43.4. The lowest BCUT2D eigenvalue weighted by Crippen LogP contribution is -2.19. The van der Waals surface area contributed by atoms with E-state index in [1.165, 1.54) is 62.4 Å². The number of amides is 2. The van der Waals surface area contributed by atoms with Gasteiger partial charge in [-0.15, -0.1) is 10.2 Å². The zero-order valence-electron chi connectivity index (χ0n) is 31.3. The van der Waals surface area contributed by atoms with Gasteiger partial charge >= 0.3 is 6.03 Å². The molecule has 0 saturated carbocycles. The molecule has 0 fully saturated rings. The molecule has 0 atom stereocenters. The summed E-state index contributed by atoms with van der Waals surface area (Å²) in [5.41, 5.74) is 1.10. The fourth-order valence-corrected chi connectivity index (χ4v) is 7.00. The molecule has 6 aromatic carbocycles. The number of fused-ring (bicyclic) bond motifs is 2.